The molecule has 126 valence electrons. The largest absolute Gasteiger partial charge is 0.335 e. The van der Waals surface area contributed by atoms with Crippen LogP contribution in [0.4, 0.5) is 0 Å². The Hall–Kier alpha value is -1.77. The molecular formula is C14H13Cl2N5O2S. The highest BCUT2D eigenvalue weighted by Gasteiger charge is 2.28. The van der Waals surface area contributed by atoms with E-state index in [4.69, 9.17) is 29.0 Å². The first kappa shape index (κ1) is 17.1. The van der Waals surface area contributed by atoms with Crippen molar-refractivity contribution in [3.63, 3.8) is 0 Å². The van der Waals surface area contributed by atoms with Gasteiger partial charge in [-0.1, -0.05) is 35.0 Å². The Kier molecular flexibility index (Phi) is 4.98. The monoisotopic (exact) mass is 385 g/mol. The third kappa shape index (κ3) is 3.35. The Balaban J connectivity index is 1.69. The quantitative estimate of drug-likeness (QED) is 0.481. The summed E-state index contributed by atoms with van der Waals surface area (Å²) < 4.78 is 1.33. The van der Waals surface area contributed by atoms with Crippen LogP contribution in [0.15, 0.2) is 23.4 Å². The fourth-order valence-electron chi connectivity index (χ4n) is 2.33. The summed E-state index contributed by atoms with van der Waals surface area (Å²) in [6.07, 6.45) is 0.575. The highest BCUT2D eigenvalue weighted by Crippen LogP contribution is 2.30. The van der Waals surface area contributed by atoms with Crippen molar-refractivity contribution in [3.8, 4) is 11.4 Å². The van der Waals surface area contributed by atoms with Gasteiger partial charge in [-0.05, 0) is 18.2 Å². The number of nitrogens with zero attached hydrogens (tertiary/aromatic N) is 4. The van der Waals surface area contributed by atoms with E-state index in [9.17, 15) is 9.59 Å². The van der Waals surface area contributed by atoms with Crippen LogP contribution in [0.25, 0.3) is 11.4 Å². The summed E-state index contributed by atoms with van der Waals surface area (Å²) in [6, 6.07) is 5.01. The first-order chi connectivity index (χ1) is 11.5. The van der Waals surface area contributed by atoms with Gasteiger partial charge in [-0.25, -0.2) is 4.68 Å². The predicted octanol–water partition coefficient (Wildman–Crippen LogP) is 2.21. The minimum Gasteiger partial charge on any atom is -0.335 e. The number of halogens is 2. The second-order valence-electron chi connectivity index (χ2n) is 5.09. The first-order valence-electron chi connectivity index (χ1n) is 7.09. The highest BCUT2D eigenvalue weighted by atomic mass is 35.5. The summed E-state index contributed by atoms with van der Waals surface area (Å²) in [6.45, 7) is 0.326. The van der Waals surface area contributed by atoms with Crippen LogP contribution in [0.3, 0.4) is 0 Å². The summed E-state index contributed by atoms with van der Waals surface area (Å²) in [7, 11) is 0. The molecule has 1 aromatic carbocycles. The van der Waals surface area contributed by atoms with Crippen molar-refractivity contribution < 1.29 is 9.59 Å². The van der Waals surface area contributed by atoms with Gasteiger partial charge in [0.15, 0.2) is 5.82 Å². The van der Waals surface area contributed by atoms with Crippen molar-refractivity contribution in [1.29, 1.82) is 0 Å². The van der Waals surface area contributed by atoms with Gasteiger partial charge in [-0.3, -0.25) is 14.5 Å². The zero-order valence-corrected chi connectivity index (χ0v) is 14.7. The molecule has 0 aliphatic carbocycles. The number of likely N-dealkylation sites (tertiary alicyclic amines) is 1. The average Bonchev–Trinajstić information content (AvgIpc) is 3.05. The number of nitrogens with two attached hydrogens (primary N) is 1. The van der Waals surface area contributed by atoms with Crippen LogP contribution in [-0.4, -0.2) is 43.9 Å². The molecule has 0 unspecified atom stereocenters. The molecule has 2 N–H and O–H groups in total. The molecular weight excluding hydrogens is 373 g/mol. The normalized spacial score (nSPS) is 14.7. The molecule has 1 saturated heterocycles. The maximum Gasteiger partial charge on any atom is 0.229 e. The molecule has 0 saturated carbocycles. The maximum absolute atomic E-state index is 11.6. The van der Waals surface area contributed by atoms with Crippen LogP contribution >= 0.6 is 35.0 Å². The van der Waals surface area contributed by atoms with Crippen molar-refractivity contribution in [2.24, 2.45) is 0 Å². The number of rotatable bonds is 5. The van der Waals surface area contributed by atoms with E-state index in [2.05, 4.69) is 10.2 Å². The van der Waals surface area contributed by atoms with Crippen LogP contribution in [0, 0.1) is 0 Å². The van der Waals surface area contributed by atoms with E-state index in [0.717, 1.165) is 0 Å². The van der Waals surface area contributed by atoms with Crippen LogP contribution in [0.5, 0.6) is 0 Å². The van der Waals surface area contributed by atoms with Crippen molar-refractivity contribution in [2.75, 3.05) is 18.1 Å². The Morgan fingerprint density at radius 2 is 1.88 bits per heavy atom. The SMILES string of the molecule is Nn1c(SCCN2C(=O)CCC2=O)nnc1-c1ccc(Cl)cc1Cl. The van der Waals surface area contributed by atoms with E-state index in [0.29, 0.717) is 38.9 Å². The van der Waals surface area contributed by atoms with Gasteiger partial charge in [-0.15, -0.1) is 10.2 Å². The van der Waals surface area contributed by atoms with E-state index in [1.54, 1.807) is 18.2 Å². The van der Waals surface area contributed by atoms with Gasteiger partial charge in [0.05, 0.1) is 5.02 Å². The second-order valence-corrected chi connectivity index (χ2v) is 6.99. The average molecular weight is 386 g/mol. The number of carbonyl (C=O) groups is 2. The van der Waals surface area contributed by atoms with Gasteiger partial charge >= 0.3 is 0 Å². The standard InChI is InChI=1S/C14H13Cl2N5O2S/c15-8-1-2-9(10(16)7-8)13-18-19-14(21(13)17)24-6-5-20-11(22)3-4-12(20)23/h1-2,7H,3-6,17H2. The number of thioether (sulfide) groups is 1. The second kappa shape index (κ2) is 7.00. The van der Waals surface area contributed by atoms with Crippen molar-refractivity contribution in [3.05, 3.63) is 28.2 Å². The molecule has 0 bridgehead atoms. The summed E-state index contributed by atoms with van der Waals surface area (Å²) >= 11 is 13.4. The summed E-state index contributed by atoms with van der Waals surface area (Å²) in [5, 5.41) is 9.48. The van der Waals surface area contributed by atoms with Crippen molar-refractivity contribution in [2.45, 2.75) is 18.0 Å². The van der Waals surface area contributed by atoms with Gasteiger partial charge in [0, 0.05) is 35.7 Å². The minimum absolute atomic E-state index is 0.136. The highest BCUT2D eigenvalue weighted by molar-refractivity contribution is 7.99. The van der Waals surface area contributed by atoms with Gasteiger partial charge in [0.25, 0.3) is 0 Å². The third-order valence-corrected chi connectivity index (χ3v) is 5.01. The minimum atomic E-state index is -0.136. The Morgan fingerprint density at radius 1 is 1.17 bits per heavy atom. The fraction of sp³-hybridized carbons (Fsp3) is 0.286. The lowest BCUT2D eigenvalue weighted by molar-refractivity contribution is -0.137. The van der Waals surface area contributed by atoms with Crippen molar-refractivity contribution >= 4 is 46.8 Å². The molecule has 2 amide bonds. The van der Waals surface area contributed by atoms with Gasteiger partial charge in [-0.2, -0.15) is 0 Å². The predicted molar refractivity (Wildman–Crippen MR) is 92.3 cm³/mol. The molecule has 2 aromatic rings. The summed E-state index contributed by atoms with van der Waals surface area (Å²) in [4.78, 5) is 24.4. The van der Waals surface area contributed by atoms with E-state index in [-0.39, 0.29) is 24.7 Å². The van der Waals surface area contributed by atoms with E-state index in [1.807, 2.05) is 0 Å². The molecule has 2 heterocycles. The molecule has 0 radical (unpaired) electrons. The number of benzene rings is 1. The Bertz CT molecular complexity index is 794. The van der Waals surface area contributed by atoms with Crippen LogP contribution in [-0.2, 0) is 9.59 Å². The van der Waals surface area contributed by atoms with Gasteiger partial charge in [0.2, 0.25) is 17.0 Å². The first-order valence-corrected chi connectivity index (χ1v) is 8.83. The van der Waals surface area contributed by atoms with Gasteiger partial charge < -0.3 is 5.84 Å². The number of imide groups is 1. The molecule has 10 heteroatoms. The number of hydrogen-bond donors (Lipinski definition) is 1. The number of aromatic nitrogens is 3. The molecule has 7 nitrogen and oxygen atoms in total. The summed E-state index contributed by atoms with van der Waals surface area (Å²) in [5.74, 6) is 6.65. The smallest absolute Gasteiger partial charge is 0.229 e. The van der Waals surface area contributed by atoms with Crippen molar-refractivity contribution in [1.82, 2.24) is 19.8 Å². The summed E-state index contributed by atoms with van der Waals surface area (Å²) in [5.41, 5.74) is 0.618. The van der Waals surface area contributed by atoms with Crippen LogP contribution < -0.4 is 5.84 Å². The zero-order valence-electron chi connectivity index (χ0n) is 12.4. The van der Waals surface area contributed by atoms with E-state index < -0.39 is 0 Å². The molecule has 3 rings (SSSR count). The number of nitrogen functional groups attached to an aromatic ring is 1. The molecule has 24 heavy (non-hydrogen) atoms. The lowest BCUT2D eigenvalue weighted by Crippen LogP contribution is -2.31. The van der Waals surface area contributed by atoms with Crippen LogP contribution in [0.1, 0.15) is 12.8 Å². The topological polar surface area (TPSA) is 94.1 Å². The van der Waals surface area contributed by atoms with Gasteiger partial charge in [0.1, 0.15) is 0 Å². The van der Waals surface area contributed by atoms with E-state index >= 15 is 0 Å². The lowest BCUT2D eigenvalue weighted by Gasteiger charge is -2.12. The zero-order chi connectivity index (χ0) is 17.3. The van der Waals surface area contributed by atoms with E-state index in [1.165, 1.54) is 21.3 Å². The molecule has 1 aromatic heterocycles. The number of amides is 2. The maximum atomic E-state index is 11.6. The molecule has 0 spiro atoms. The number of hydrogen-bond acceptors (Lipinski definition) is 6. The molecule has 1 aliphatic rings. The molecule has 1 fully saturated rings. The lowest BCUT2D eigenvalue weighted by atomic mass is 10.2. The molecule has 1 aliphatic heterocycles. The number of carbonyl (C=O) groups excluding carboxylic acids is 2. The third-order valence-electron chi connectivity index (χ3n) is 3.54. The van der Waals surface area contributed by atoms with Crippen LogP contribution in [0.2, 0.25) is 10.0 Å². The Morgan fingerprint density at radius 3 is 2.54 bits per heavy atom. The molecule has 0 atom stereocenters. The Labute approximate surface area is 152 Å². The fourth-order valence-corrected chi connectivity index (χ4v) is 3.60.